The van der Waals surface area contributed by atoms with Crippen LogP contribution in [0.4, 0.5) is 5.69 Å². The van der Waals surface area contributed by atoms with Crippen molar-refractivity contribution in [3.8, 4) is 5.75 Å². The van der Waals surface area contributed by atoms with Gasteiger partial charge in [-0.3, -0.25) is 4.98 Å². The van der Waals surface area contributed by atoms with Crippen molar-refractivity contribution >= 4 is 26.7 Å². The van der Waals surface area contributed by atoms with E-state index >= 15 is 0 Å². The molecule has 0 fully saturated rings. The molecule has 1 aromatic heterocycles. The summed E-state index contributed by atoms with van der Waals surface area (Å²) in [6.45, 7) is 5.13. The zero-order valence-electron chi connectivity index (χ0n) is 18.2. The Morgan fingerprint density at radius 3 is 2.17 bits per heavy atom. The van der Waals surface area contributed by atoms with E-state index in [-0.39, 0.29) is 0 Å². The summed E-state index contributed by atoms with van der Waals surface area (Å²) in [6, 6.07) is 7.25. The number of unbranched alkanes of at least 4 members (excludes halogenated alkanes) is 9. The summed E-state index contributed by atoms with van der Waals surface area (Å²) in [4.78, 5) is 4.52. The molecular weight excluding hydrogens is 384 g/mol. The lowest BCUT2D eigenvalue weighted by Gasteiger charge is -2.12. The monoisotopic (exact) mass is 420 g/mol. The second-order valence-corrected chi connectivity index (χ2v) is 9.46. The second kappa shape index (κ2) is 12.0. The summed E-state index contributed by atoms with van der Waals surface area (Å²) in [5.41, 5.74) is 2.66. The van der Waals surface area contributed by atoms with Gasteiger partial charge in [-0.1, -0.05) is 64.7 Å². The number of aryl methyl sites for hydroxylation is 1. The van der Waals surface area contributed by atoms with E-state index in [0.717, 1.165) is 41.5 Å². The van der Waals surface area contributed by atoms with E-state index in [9.17, 15) is 8.42 Å². The van der Waals surface area contributed by atoms with Gasteiger partial charge in [0.05, 0.1) is 11.8 Å². The van der Waals surface area contributed by atoms with Gasteiger partial charge in [0.15, 0.2) is 0 Å². The fourth-order valence-corrected chi connectivity index (χ4v) is 4.00. The van der Waals surface area contributed by atoms with E-state index in [1.807, 2.05) is 19.1 Å². The largest absolute Gasteiger partial charge is 0.384 e. The van der Waals surface area contributed by atoms with Crippen LogP contribution in [0, 0.1) is 6.92 Å². The first kappa shape index (κ1) is 23.5. The average molecular weight is 421 g/mol. The number of anilines is 1. The second-order valence-electron chi connectivity index (χ2n) is 7.89. The number of nitrogens with zero attached hydrogens (tertiary/aromatic N) is 1. The molecule has 5 nitrogen and oxygen atoms in total. The molecule has 0 aliphatic heterocycles. The highest BCUT2D eigenvalue weighted by molar-refractivity contribution is 7.86. The minimum absolute atomic E-state index is 0.291. The molecule has 0 spiro atoms. The molecule has 162 valence electrons. The van der Waals surface area contributed by atoms with Gasteiger partial charge in [0.1, 0.15) is 5.75 Å². The minimum Gasteiger partial charge on any atom is -0.384 e. The third-order valence-electron chi connectivity index (χ3n) is 5.00. The van der Waals surface area contributed by atoms with Crippen LogP contribution in [0.3, 0.4) is 0 Å². The van der Waals surface area contributed by atoms with Crippen LogP contribution in [0.15, 0.2) is 24.3 Å². The van der Waals surface area contributed by atoms with Crippen molar-refractivity contribution in [2.75, 3.05) is 18.1 Å². The molecule has 0 unspecified atom stereocenters. The Hall–Kier alpha value is -1.82. The number of fused-ring (bicyclic) bond motifs is 1. The topological polar surface area (TPSA) is 68.3 Å². The van der Waals surface area contributed by atoms with Crippen molar-refractivity contribution < 1.29 is 12.6 Å². The Morgan fingerprint density at radius 1 is 0.931 bits per heavy atom. The van der Waals surface area contributed by atoms with Gasteiger partial charge in [-0.15, -0.1) is 0 Å². The maximum atomic E-state index is 11.3. The molecule has 0 bridgehead atoms. The van der Waals surface area contributed by atoms with Gasteiger partial charge in [0.2, 0.25) is 0 Å². The fourth-order valence-electron chi connectivity index (χ4n) is 3.55. The molecule has 1 aromatic carbocycles. The maximum Gasteiger partial charge on any atom is 0.306 e. The number of rotatable bonds is 14. The molecular formula is C23H36N2O3S. The van der Waals surface area contributed by atoms with Crippen molar-refractivity contribution in [3.63, 3.8) is 0 Å². The summed E-state index contributed by atoms with van der Waals surface area (Å²) in [6.07, 6.45) is 14.3. The van der Waals surface area contributed by atoms with Gasteiger partial charge in [-0.25, -0.2) is 0 Å². The summed E-state index contributed by atoms with van der Waals surface area (Å²) in [5, 5.41) is 4.50. The van der Waals surface area contributed by atoms with E-state index in [0.29, 0.717) is 5.75 Å². The van der Waals surface area contributed by atoms with E-state index in [1.165, 1.54) is 57.8 Å². The van der Waals surface area contributed by atoms with Crippen molar-refractivity contribution in [2.45, 2.75) is 78.1 Å². The Balaban J connectivity index is 1.78. The van der Waals surface area contributed by atoms with Crippen LogP contribution in [0.1, 0.15) is 76.8 Å². The quantitative estimate of drug-likeness (QED) is 0.290. The molecule has 1 N–H and O–H groups in total. The van der Waals surface area contributed by atoms with Gasteiger partial charge in [0.25, 0.3) is 0 Å². The highest BCUT2D eigenvalue weighted by atomic mass is 32.2. The first-order chi connectivity index (χ1) is 13.9. The van der Waals surface area contributed by atoms with Crippen molar-refractivity contribution in [3.05, 3.63) is 30.0 Å². The molecule has 1 heterocycles. The third-order valence-corrected chi connectivity index (χ3v) is 5.50. The SMILES string of the molecule is CCCCCCCCCCCCNc1cc(C)nc2cc(OS(C)(=O)=O)ccc12. The van der Waals surface area contributed by atoms with Gasteiger partial charge in [-0.2, -0.15) is 8.42 Å². The zero-order chi connectivity index (χ0) is 21.1. The highest BCUT2D eigenvalue weighted by Crippen LogP contribution is 2.27. The minimum atomic E-state index is -3.54. The molecule has 0 saturated carbocycles. The van der Waals surface area contributed by atoms with E-state index in [1.54, 1.807) is 12.1 Å². The average Bonchev–Trinajstić information content (AvgIpc) is 2.64. The molecule has 0 aliphatic carbocycles. The number of aromatic nitrogens is 1. The van der Waals surface area contributed by atoms with Crippen LogP contribution < -0.4 is 9.50 Å². The van der Waals surface area contributed by atoms with Crippen LogP contribution in [0.2, 0.25) is 0 Å². The summed E-state index contributed by atoms with van der Waals surface area (Å²) >= 11 is 0. The normalized spacial score (nSPS) is 11.7. The molecule has 0 radical (unpaired) electrons. The smallest absolute Gasteiger partial charge is 0.306 e. The number of pyridine rings is 1. The number of nitrogens with one attached hydrogen (secondary N) is 1. The predicted molar refractivity (Wildman–Crippen MR) is 122 cm³/mol. The summed E-state index contributed by atoms with van der Waals surface area (Å²) in [7, 11) is -3.54. The molecule has 2 aromatic rings. The number of benzene rings is 1. The predicted octanol–water partition coefficient (Wildman–Crippen LogP) is 6.21. The summed E-state index contributed by atoms with van der Waals surface area (Å²) in [5.74, 6) is 0.291. The summed E-state index contributed by atoms with van der Waals surface area (Å²) < 4.78 is 27.7. The van der Waals surface area contributed by atoms with Crippen LogP contribution in [0.5, 0.6) is 5.75 Å². The Bertz CT molecular complexity index is 866. The van der Waals surface area contributed by atoms with Crippen LogP contribution >= 0.6 is 0 Å². The van der Waals surface area contributed by atoms with Gasteiger partial charge in [-0.05, 0) is 31.5 Å². The highest BCUT2D eigenvalue weighted by Gasteiger charge is 2.09. The van der Waals surface area contributed by atoms with Gasteiger partial charge < -0.3 is 9.50 Å². The van der Waals surface area contributed by atoms with Crippen molar-refractivity contribution in [1.29, 1.82) is 0 Å². The zero-order valence-corrected chi connectivity index (χ0v) is 19.0. The van der Waals surface area contributed by atoms with Crippen LogP contribution in [0.25, 0.3) is 10.9 Å². The maximum absolute atomic E-state index is 11.3. The standard InChI is InChI=1S/C23H36N2O3S/c1-4-5-6-7-8-9-10-11-12-13-16-24-22-17-19(2)25-23-18-20(14-15-21(22)23)28-29(3,26)27/h14-15,17-18H,4-13,16H2,1-3H3,(H,24,25). The van der Waals surface area contributed by atoms with E-state index in [4.69, 9.17) is 4.18 Å². The molecule has 6 heteroatoms. The van der Waals surface area contributed by atoms with Gasteiger partial charge >= 0.3 is 10.1 Å². The number of hydrogen-bond donors (Lipinski definition) is 1. The Morgan fingerprint density at radius 2 is 1.55 bits per heavy atom. The van der Waals surface area contributed by atoms with Gasteiger partial charge in [0, 0.05) is 29.4 Å². The molecule has 29 heavy (non-hydrogen) atoms. The molecule has 0 saturated heterocycles. The molecule has 2 rings (SSSR count). The van der Waals surface area contributed by atoms with Crippen LogP contribution in [-0.4, -0.2) is 26.2 Å². The number of hydrogen-bond acceptors (Lipinski definition) is 5. The van der Waals surface area contributed by atoms with E-state index in [2.05, 4.69) is 17.2 Å². The molecule has 0 aliphatic rings. The first-order valence-electron chi connectivity index (χ1n) is 10.9. The van der Waals surface area contributed by atoms with Crippen LogP contribution in [-0.2, 0) is 10.1 Å². The Labute approximate surface area is 176 Å². The van der Waals surface area contributed by atoms with Crippen molar-refractivity contribution in [1.82, 2.24) is 4.98 Å². The van der Waals surface area contributed by atoms with E-state index < -0.39 is 10.1 Å². The lowest BCUT2D eigenvalue weighted by molar-refractivity contribution is 0.493. The Kier molecular flexibility index (Phi) is 9.71. The first-order valence-corrected chi connectivity index (χ1v) is 12.8. The molecule has 0 atom stereocenters. The molecule has 0 amide bonds. The van der Waals surface area contributed by atoms with Crippen molar-refractivity contribution in [2.24, 2.45) is 0 Å². The fraction of sp³-hybridized carbons (Fsp3) is 0.609. The third kappa shape index (κ3) is 9.03. The lowest BCUT2D eigenvalue weighted by atomic mass is 10.1. The lowest BCUT2D eigenvalue weighted by Crippen LogP contribution is -2.06.